The van der Waals surface area contributed by atoms with Gasteiger partial charge in [0.05, 0.1) is 5.60 Å². The average molecular weight is 457 g/mol. The number of carboxylic acid groups (broad SMARTS) is 1. The number of benzene rings is 2. The highest BCUT2D eigenvalue weighted by molar-refractivity contribution is 5.79. The molecule has 8 nitrogen and oxygen atoms in total. The third kappa shape index (κ3) is 6.77. The van der Waals surface area contributed by atoms with Crippen LogP contribution in [0.25, 0.3) is 11.1 Å². The molecule has 0 radical (unpaired) electrons. The minimum absolute atomic E-state index is 0.0203. The Morgan fingerprint density at radius 2 is 1.61 bits per heavy atom. The highest BCUT2D eigenvalue weighted by Gasteiger charge is 2.29. The lowest BCUT2D eigenvalue weighted by Crippen LogP contribution is -2.47. The molecule has 1 aliphatic carbocycles. The molecule has 8 heteroatoms. The summed E-state index contributed by atoms with van der Waals surface area (Å²) in [6.45, 7) is 5.73. The van der Waals surface area contributed by atoms with Crippen LogP contribution in [-0.4, -0.2) is 53.5 Å². The van der Waals surface area contributed by atoms with E-state index in [-0.39, 0.29) is 25.5 Å². The van der Waals surface area contributed by atoms with Crippen LogP contribution in [0.15, 0.2) is 48.5 Å². The molecule has 33 heavy (non-hydrogen) atoms. The Bertz CT molecular complexity index is 926. The van der Waals surface area contributed by atoms with Crippen LogP contribution in [0.5, 0.6) is 0 Å². The lowest BCUT2D eigenvalue weighted by atomic mass is 9.98. The van der Waals surface area contributed by atoms with E-state index >= 15 is 0 Å². The Labute approximate surface area is 193 Å². The Kier molecular flexibility index (Phi) is 8.07. The molecule has 2 aromatic carbocycles. The summed E-state index contributed by atoms with van der Waals surface area (Å²) in [6.07, 6.45) is -1.37. The van der Waals surface area contributed by atoms with E-state index in [1.807, 2.05) is 24.3 Å². The number of hydrogen-bond acceptors (Lipinski definition) is 6. The highest BCUT2D eigenvalue weighted by atomic mass is 16.6. The number of fused-ring (bicyclic) bond motifs is 3. The number of hydrogen-bond donors (Lipinski definition) is 4. The van der Waals surface area contributed by atoms with Gasteiger partial charge >= 0.3 is 12.1 Å². The maximum atomic E-state index is 12.2. The smallest absolute Gasteiger partial charge is 0.407 e. The molecule has 178 valence electrons. The summed E-state index contributed by atoms with van der Waals surface area (Å²) in [5, 5.41) is 24.4. The zero-order chi connectivity index (χ0) is 24.0. The number of aliphatic hydroxyl groups excluding tert-OH is 1. The van der Waals surface area contributed by atoms with Gasteiger partial charge in [-0.15, -0.1) is 0 Å². The fraction of sp³-hybridized carbons (Fsp3) is 0.440. The summed E-state index contributed by atoms with van der Waals surface area (Å²) >= 11 is 0. The largest absolute Gasteiger partial charge is 0.480 e. The van der Waals surface area contributed by atoms with E-state index in [0.29, 0.717) is 6.42 Å². The van der Waals surface area contributed by atoms with Gasteiger partial charge in [-0.25, -0.2) is 4.79 Å². The Morgan fingerprint density at radius 3 is 2.15 bits per heavy atom. The van der Waals surface area contributed by atoms with Crippen molar-refractivity contribution < 1.29 is 29.3 Å². The Morgan fingerprint density at radius 1 is 1.03 bits per heavy atom. The number of carbonyl (C=O) groups is 2. The molecule has 0 saturated heterocycles. The van der Waals surface area contributed by atoms with Crippen molar-refractivity contribution in [3.63, 3.8) is 0 Å². The number of carboxylic acids is 1. The molecule has 0 aromatic heterocycles. The third-order valence-electron chi connectivity index (χ3n) is 5.39. The second kappa shape index (κ2) is 10.8. The zero-order valence-corrected chi connectivity index (χ0v) is 19.2. The number of aliphatic carboxylic acids is 1. The molecule has 2 aromatic rings. The Hall–Kier alpha value is -2.94. The molecular formula is C25H32N2O6. The summed E-state index contributed by atoms with van der Waals surface area (Å²) < 4.78 is 10.8. The van der Waals surface area contributed by atoms with Gasteiger partial charge in [-0.05, 0) is 55.9 Å². The number of carbonyl (C=O) groups excluding carboxylic acids is 1. The summed E-state index contributed by atoms with van der Waals surface area (Å²) in [4.78, 5) is 23.6. The van der Waals surface area contributed by atoms with Gasteiger partial charge in [0.15, 0.2) is 0 Å². The minimum atomic E-state index is -1.40. The molecule has 3 rings (SSSR count). The quantitative estimate of drug-likeness (QED) is 0.320. The van der Waals surface area contributed by atoms with Gasteiger partial charge in [-0.1, -0.05) is 48.5 Å². The van der Waals surface area contributed by atoms with E-state index in [4.69, 9.17) is 9.47 Å². The fourth-order valence-electron chi connectivity index (χ4n) is 3.97. The van der Waals surface area contributed by atoms with E-state index < -0.39 is 30.1 Å². The van der Waals surface area contributed by atoms with Crippen molar-refractivity contribution >= 4 is 12.1 Å². The van der Waals surface area contributed by atoms with Gasteiger partial charge in [0.1, 0.15) is 12.6 Å². The van der Waals surface area contributed by atoms with Gasteiger partial charge in [0.2, 0.25) is 6.41 Å². The zero-order valence-electron chi connectivity index (χ0n) is 19.2. The molecule has 0 aliphatic heterocycles. The number of aliphatic hydroxyl groups is 1. The lowest BCUT2D eigenvalue weighted by Gasteiger charge is -2.26. The number of alkyl carbamates (subject to hydrolysis) is 1. The van der Waals surface area contributed by atoms with Crippen LogP contribution >= 0.6 is 0 Å². The standard InChI is InChI=1S/C25H32N2O6/c1-25(2,3)33-24(31)27-21(22(28)29)13-8-14-26-23(30)32-15-20-18-11-6-4-9-16(18)17-10-5-7-12-19(17)20/h4-7,9-12,20-21,24,27,31H,8,13-15H2,1-3H3,(H,26,30)(H,28,29)/t21-,24?/m0/s1. The molecule has 0 fully saturated rings. The predicted molar refractivity (Wildman–Crippen MR) is 124 cm³/mol. The first-order chi connectivity index (χ1) is 15.7. The minimum Gasteiger partial charge on any atom is -0.480 e. The topological polar surface area (TPSA) is 117 Å². The van der Waals surface area contributed by atoms with Crippen molar-refractivity contribution in [1.29, 1.82) is 0 Å². The number of amides is 1. The molecule has 1 unspecified atom stereocenters. The first-order valence-electron chi connectivity index (χ1n) is 11.1. The predicted octanol–water partition coefficient (Wildman–Crippen LogP) is 3.44. The molecule has 0 heterocycles. The monoisotopic (exact) mass is 456 g/mol. The van der Waals surface area contributed by atoms with Crippen molar-refractivity contribution in [2.24, 2.45) is 0 Å². The van der Waals surface area contributed by atoms with E-state index in [9.17, 15) is 19.8 Å². The maximum Gasteiger partial charge on any atom is 0.407 e. The van der Waals surface area contributed by atoms with Gasteiger partial charge < -0.3 is 25.0 Å². The molecule has 2 atom stereocenters. The second-order valence-corrected chi connectivity index (χ2v) is 9.03. The van der Waals surface area contributed by atoms with E-state index in [1.165, 1.54) is 0 Å². The van der Waals surface area contributed by atoms with Crippen molar-refractivity contribution in [1.82, 2.24) is 10.6 Å². The SMILES string of the molecule is CC(C)(C)OC(O)N[C@@H](CCCNC(=O)OCC1c2ccccc2-c2ccccc21)C(=O)O. The molecular weight excluding hydrogens is 424 g/mol. The van der Waals surface area contributed by atoms with Crippen LogP contribution in [-0.2, 0) is 14.3 Å². The molecule has 0 saturated carbocycles. The van der Waals surface area contributed by atoms with Crippen LogP contribution in [0, 0.1) is 0 Å². The van der Waals surface area contributed by atoms with Crippen LogP contribution in [0.2, 0.25) is 0 Å². The maximum absolute atomic E-state index is 12.2. The molecule has 1 amide bonds. The highest BCUT2D eigenvalue weighted by Crippen LogP contribution is 2.44. The van der Waals surface area contributed by atoms with Crippen LogP contribution < -0.4 is 10.6 Å². The fourth-order valence-corrected chi connectivity index (χ4v) is 3.97. The Balaban J connectivity index is 1.44. The molecule has 0 bridgehead atoms. The normalized spacial score (nSPS) is 14.8. The van der Waals surface area contributed by atoms with Crippen LogP contribution in [0.1, 0.15) is 50.7 Å². The first kappa shape index (κ1) is 24.7. The van der Waals surface area contributed by atoms with Gasteiger partial charge in [-0.2, -0.15) is 0 Å². The van der Waals surface area contributed by atoms with Crippen molar-refractivity contribution in [3.8, 4) is 11.1 Å². The average Bonchev–Trinajstić information content (AvgIpc) is 3.07. The molecule has 4 N–H and O–H groups in total. The van der Waals surface area contributed by atoms with E-state index in [1.54, 1.807) is 20.8 Å². The first-order valence-corrected chi connectivity index (χ1v) is 11.1. The van der Waals surface area contributed by atoms with Gasteiger partial charge in [-0.3, -0.25) is 10.1 Å². The van der Waals surface area contributed by atoms with Crippen LogP contribution in [0.4, 0.5) is 4.79 Å². The van der Waals surface area contributed by atoms with Crippen molar-refractivity contribution in [2.45, 2.75) is 57.6 Å². The molecule has 1 aliphatic rings. The van der Waals surface area contributed by atoms with E-state index in [0.717, 1.165) is 22.3 Å². The van der Waals surface area contributed by atoms with Gasteiger partial charge in [0.25, 0.3) is 0 Å². The van der Waals surface area contributed by atoms with E-state index in [2.05, 4.69) is 34.9 Å². The van der Waals surface area contributed by atoms with Gasteiger partial charge in [0, 0.05) is 12.5 Å². The van der Waals surface area contributed by atoms with Crippen molar-refractivity contribution in [2.75, 3.05) is 13.2 Å². The summed E-state index contributed by atoms with van der Waals surface area (Å²) in [6, 6.07) is 15.2. The molecule has 0 spiro atoms. The number of rotatable bonds is 10. The number of nitrogens with one attached hydrogen (secondary N) is 2. The second-order valence-electron chi connectivity index (χ2n) is 9.03. The summed E-state index contributed by atoms with van der Waals surface area (Å²) in [7, 11) is 0. The third-order valence-corrected chi connectivity index (χ3v) is 5.39. The number of ether oxygens (including phenoxy) is 2. The lowest BCUT2D eigenvalue weighted by molar-refractivity contribution is -0.189. The summed E-state index contributed by atoms with van der Waals surface area (Å²) in [5.41, 5.74) is 3.97. The van der Waals surface area contributed by atoms with Crippen LogP contribution in [0.3, 0.4) is 0 Å². The summed E-state index contributed by atoms with van der Waals surface area (Å²) in [5.74, 6) is -1.12. The van der Waals surface area contributed by atoms with Crippen molar-refractivity contribution in [3.05, 3.63) is 59.7 Å².